The zero-order chi connectivity index (χ0) is 20.8. The third-order valence-electron chi connectivity index (χ3n) is 4.77. The number of benzene rings is 1. The van der Waals surface area contributed by atoms with Gasteiger partial charge in [0.2, 0.25) is 5.91 Å². The second-order valence-corrected chi connectivity index (χ2v) is 8.06. The predicted molar refractivity (Wildman–Crippen MR) is 115 cm³/mol. The van der Waals surface area contributed by atoms with Gasteiger partial charge in [0.15, 0.2) is 0 Å². The molecule has 1 amide bonds. The van der Waals surface area contributed by atoms with Gasteiger partial charge < -0.3 is 19.7 Å². The zero-order valence-corrected chi connectivity index (χ0v) is 17.9. The SMILES string of the molecule is CCOC(=O)c1cc(C)sc1NC(=O)CN1CCN(c2ccccc2OC)CC1. The zero-order valence-electron chi connectivity index (χ0n) is 17.1. The monoisotopic (exact) mass is 417 g/mol. The molecular weight excluding hydrogens is 390 g/mol. The Bertz CT molecular complexity index is 859. The Morgan fingerprint density at radius 2 is 1.90 bits per heavy atom. The van der Waals surface area contributed by atoms with Crippen LogP contribution in [0.1, 0.15) is 22.2 Å². The van der Waals surface area contributed by atoms with Gasteiger partial charge in [-0.2, -0.15) is 0 Å². The van der Waals surface area contributed by atoms with E-state index in [1.165, 1.54) is 11.3 Å². The van der Waals surface area contributed by atoms with Crippen molar-refractivity contribution in [2.45, 2.75) is 13.8 Å². The summed E-state index contributed by atoms with van der Waals surface area (Å²) >= 11 is 1.39. The van der Waals surface area contributed by atoms with Gasteiger partial charge in [-0.05, 0) is 32.0 Å². The molecule has 3 rings (SSSR count). The van der Waals surface area contributed by atoms with E-state index in [9.17, 15) is 9.59 Å². The number of carbonyl (C=O) groups excluding carboxylic acids is 2. The van der Waals surface area contributed by atoms with Crippen molar-refractivity contribution in [2.75, 3.05) is 56.7 Å². The molecule has 29 heavy (non-hydrogen) atoms. The van der Waals surface area contributed by atoms with Crippen LogP contribution in [0.5, 0.6) is 5.75 Å². The van der Waals surface area contributed by atoms with Crippen LogP contribution in [-0.4, -0.2) is 63.2 Å². The smallest absolute Gasteiger partial charge is 0.341 e. The number of rotatable bonds is 7. The van der Waals surface area contributed by atoms with E-state index in [1.807, 2.05) is 25.1 Å². The average Bonchev–Trinajstić information content (AvgIpc) is 3.08. The summed E-state index contributed by atoms with van der Waals surface area (Å²) in [7, 11) is 1.68. The molecule has 1 aromatic carbocycles. The topological polar surface area (TPSA) is 71.1 Å². The van der Waals surface area contributed by atoms with Crippen LogP contribution in [0.15, 0.2) is 30.3 Å². The number of nitrogens with one attached hydrogen (secondary N) is 1. The maximum atomic E-state index is 12.5. The number of aryl methyl sites for hydroxylation is 1. The van der Waals surface area contributed by atoms with Crippen LogP contribution in [0.2, 0.25) is 0 Å². The molecule has 0 saturated carbocycles. The summed E-state index contributed by atoms with van der Waals surface area (Å²) in [6, 6.07) is 9.72. The molecular formula is C21H27N3O4S. The van der Waals surface area contributed by atoms with E-state index >= 15 is 0 Å². The molecule has 0 bridgehead atoms. The Morgan fingerprint density at radius 1 is 1.17 bits per heavy atom. The second kappa shape index (κ2) is 9.76. The molecule has 0 spiro atoms. The molecule has 1 saturated heterocycles. The van der Waals surface area contributed by atoms with E-state index in [1.54, 1.807) is 20.1 Å². The van der Waals surface area contributed by atoms with Crippen molar-refractivity contribution in [1.29, 1.82) is 0 Å². The number of methoxy groups -OCH3 is 1. The minimum atomic E-state index is -0.405. The lowest BCUT2D eigenvalue weighted by atomic mass is 10.2. The highest BCUT2D eigenvalue weighted by Gasteiger charge is 2.23. The van der Waals surface area contributed by atoms with Crippen molar-refractivity contribution in [1.82, 2.24) is 4.90 Å². The van der Waals surface area contributed by atoms with Crippen LogP contribution in [-0.2, 0) is 9.53 Å². The summed E-state index contributed by atoms with van der Waals surface area (Å²) in [6.45, 7) is 7.45. The molecule has 8 heteroatoms. The van der Waals surface area contributed by atoms with Crippen LogP contribution in [0.4, 0.5) is 10.7 Å². The number of carbonyl (C=O) groups is 2. The molecule has 1 N–H and O–H groups in total. The van der Waals surface area contributed by atoms with Gasteiger partial charge in [-0.3, -0.25) is 9.69 Å². The Balaban J connectivity index is 1.55. The predicted octanol–water partition coefficient (Wildman–Crippen LogP) is 3.00. The first-order valence-electron chi connectivity index (χ1n) is 9.69. The van der Waals surface area contributed by atoms with Gasteiger partial charge >= 0.3 is 5.97 Å². The van der Waals surface area contributed by atoms with E-state index in [0.717, 1.165) is 42.5 Å². The molecule has 1 aliphatic heterocycles. The summed E-state index contributed by atoms with van der Waals surface area (Å²) in [5.74, 6) is 0.332. The fourth-order valence-electron chi connectivity index (χ4n) is 3.37. The van der Waals surface area contributed by atoms with Gasteiger partial charge in [0.05, 0.1) is 31.5 Å². The quantitative estimate of drug-likeness (QED) is 0.699. The molecule has 0 atom stereocenters. The maximum absolute atomic E-state index is 12.5. The van der Waals surface area contributed by atoms with Gasteiger partial charge in [-0.15, -0.1) is 11.3 Å². The maximum Gasteiger partial charge on any atom is 0.341 e. The first kappa shape index (κ1) is 21.1. The van der Waals surface area contributed by atoms with Crippen molar-refractivity contribution in [3.05, 3.63) is 40.8 Å². The van der Waals surface area contributed by atoms with E-state index in [2.05, 4.69) is 21.2 Å². The number of hydrogen-bond acceptors (Lipinski definition) is 7. The molecule has 1 aliphatic rings. The molecule has 0 unspecified atom stereocenters. The third kappa shape index (κ3) is 5.27. The van der Waals surface area contributed by atoms with Crippen molar-refractivity contribution in [3.63, 3.8) is 0 Å². The van der Waals surface area contributed by atoms with Crippen LogP contribution in [0, 0.1) is 6.92 Å². The normalized spacial score (nSPS) is 14.5. The minimum absolute atomic E-state index is 0.122. The minimum Gasteiger partial charge on any atom is -0.495 e. The largest absolute Gasteiger partial charge is 0.495 e. The fraction of sp³-hybridized carbons (Fsp3) is 0.429. The average molecular weight is 418 g/mol. The lowest BCUT2D eigenvalue weighted by Gasteiger charge is -2.36. The molecule has 156 valence electrons. The number of thiophene rings is 1. The first-order chi connectivity index (χ1) is 14.0. The van der Waals surface area contributed by atoms with Crippen LogP contribution in [0.25, 0.3) is 0 Å². The standard InChI is InChI=1S/C21H27N3O4S/c1-4-28-21(26)16-13-15(2)29-20(16)22-19(25)14-23-9-11-24(12-10-23)17-7-5-6-8-18(17)27-3/h5-8,13H,4,9-12,14H2,1-3H3,(H,22,25). The third-order valence-corrected chi connectivity index (χ3v) is 5.73. The first-order valence-corrected chi connectivity index (χ1v) is 10.5. The summed E-state index contributed by atoms with van der Waals surface area (Å²) in [5.41, 5.74) is 1.50. The van der Waals surface area contributed by atoms with Gasteiger partial charge in [0.1, 0.15) is 10.8 Å². The number of piperazine rings is 1. The van der Waals surface area contributed by atoms with Gasteiger partial charge in [0.25, 0.3) is 0 Å². The number of nitrogens with zero attached hydrogens (tertiary/aromatic N) is 2. The fourth-order valence-corrected chi connectivity index (χ4v) is 4.29. The molecule has 0 radical (unpaired) electrons. The Hall–Kier alpha value is -2.58. The molecule has 2 aromatic rings. The summed E-state index contributed by atoms with van der Waals surface area (Å²) in [5, 5.41) is 3.44. The highest BCUT2D eigenvalue weighted by atomic mass is 32.1. The highest BCUT2D eigenvalue weighted by molar-refractivity contribution is 7.16. The summed E-state index contributed by atoms with van der Waals surface area (Å²) in [6.07, 6.45) is 0. The lowest BCUT2D eigenvalue weighted by Crippen LogP contribution is -2.48. The van der Waals surface area contributed by atoms with Crippen molar-refractivity contribution >= 4 is 33.9 Å². The van der Waals surface area contributed by atoms with E-state index < -0.39 is 5.97 Å². The second-order valence-electron chi connectivity index (χ2n) is 6.80. The molecule has 1 fully saturated rings. The molecule has 0 aliphatic carbocycles. The number of ether oxygens (including phenoxy) is 2. The van der Waals surface area contributed by atoms with E-state index in [4.69, 9.17) is 9.47 Å². The Labute approximate surface area is 175 Å². The van der Waals surface area contributed by atoms with Gasteiger partial charge in [-0.1, -0.05) is 12.1 Å². The summed E-state index contributed by atoms with van der Waals surface area (Å²) in [4.78, 5) is 30.0. The van der Waals surface area contributed by atoms with Crippen LogP contribution >= 0.6 is 11.3 Å². The Kier molecular flexibility index (Phi) is 7.11. The Morgan fingerprint density at radius 3 is 2.59 bits per heavy atom. The van der Waals surface area contributed by atoms with Gasteiger partial charge in [0, 0.05) is 31.1 Å². The molecule has 1 aromatic heterocycles. The molecule has 2 heterocycles. The number of para-hydroxylation sites is 2. The van der Waals surface area contributed by atoms with Crippen molar-refractivity contribution in [2.24, 2.45) is 0 Å². The number of amides is 1. The number of hydrogen-bond donors (Lipinski definition) is 1. The van der Waals surface area contributed by atoms with Gasteiger partial charge in [-0.25, -0.2) is 4.79 Å². The van der Waals surface area contributed by atoms with Crippen molar-refractivity contribution < 1.29 is 19.1 Å². The number of esters is 1. The molecule has 7 nitrogen and oxygen atoms in total. The number of anilines is 2. The highest BCUT2D eigenvalue weighted by Crippen LogP contribution is 2.29. The van der Waals surface area contributed by atoms with E-state index in [-0.39, 0.29) is 5.91 Å². The lowest BCUT2D eigenvalue weighted by molar-refractivity contribution is -0.117. The summed E-state index contributed by atoms with van der Waals surface area (Å²) < 4.78 is 10.5. The van der Waals surface area contributed by atoms with E-state index in [0.29, 0.717) is 23.7 Å². The van der Waals surface area contributed by atoms with Crippen LogP contribution < -0.4 is 15.0 Å². The van der Waals surface area contributed by atoms with Crippen LogP contribution in [0.3, 0.4) is 0 Å². The van der Waals surface area contributed by atoms with Crippen molar-refractivity contribution in [3.8, 4) is 5.75 Å².